The summed E-state index contributed by atoms with van der Waals surface area (Å²) < 4.78 is 17.2. The van der Waals surface area contributed by atoms with Crippen molar-refractivity contribution in [1.82, 2.24) is 25.1 Å². The van der Waals surface area contributed by atoms with Crippen molar-refractivity contribution >= 4 is 57.8 Å². The van der Waals surface area contributed by atoms with Gasteiger partial charge in [0.2, 0.25) is 5.91 Å². The molecule has 3 aliphatic rings. The Hall–Kier alpha value is -4.16. The molecule has 1 N–H and O–H groups in total. The van der Waals surface area contributed by atoms with Gasteiger partial charge < -0.3 is 29.3 Å². The van der Waals surface area contributed by atoms with Gasteiger partial charge in [0.15, 0.2) is 0 Å². The molecule has 2 aromatic heterocycles. The molecule has 0 spiro atoms. The Morgan fingerprint density at radius 1 is 1.22 bits per heavy atom. The summed E-state index contributed by atoms with van der Waals surface area (Å²) in [6.45, 7) is 4.49. The van der Waals surface area contributed by atoms with Crippen LogP contribution in [0.4, 0.5) is 4.79 Å². The van der Waals surface area contributed by atoms with Crippen LogP contribution in [0.2, 0.25) is 5.02 Å². The van der Waals surface area contributed by atoms with E-state index in [0.717, 1.165) is 25.0 Å². The van der Waals surface area contributed by atoms with E-state index in [0.29, 0.717) is 51.1 Å². The molecule has 1 aromatic carbocycles. The molecular formula is C33H36ClN5O6S. The van der Waals surface area contributed by atoms with Crippen molar-refractivity contribution in [3.63, 3.8) is 0 Å². The van der Waals surface area contributed by atoms with Crippen LogP contribution in [0.1, 0.15) is 37.8 Å². The van der Waals surface area contributed by atoms with Gasteiger partial charge in [-0.05, 0) is 43.9 Å². The molecule has 0 unspecified atom stereocenters. The minimum Gasteiger partial charge on any atom is -0.495 e. The van der Waals surface area contributed by atoms with Crippen LogP contribution in [0.5, 0.6) is 11.5 Å². The molecule has 1 saturated carbocycles. The number of ether oxygens (including phenoxy) is 3. The zero-order chi connectivity index (χ0) is 32.6. The maximum Gasteiger partial charge on any atom is 0.332 e. The van der Waals surface area contributed by atoms with Crippen LogP contribution < -0.4 is 14.8 Å². The first-order valence-electron chi connectivity index (χ1n) is 15.2. The molecule has 1 saturated heterocycles. The number of carbonyl (C=O) groups is 3. The number of hydrogen-bond donors (Lipinski definition) is 1. The summed E-state index contributed by atoms with van der Waals surface area (Å²) in [5.41, 5.74) is 0.586. The molecule has 0 radical (unpaired) electrons. The summed E-state index contributed by atoms with van der Waals surface area (Å²) in [6.07, 6.45) is 8.37. The number of halogens is 1. The number of nitrogens with zero attached hydrogens (tertiary/aromatic N) is 4. The van der Waals surface area contributed by atoms with E-state index in [2.05, 4.69) is 16.9 Å². The number of thiazole rings is 1. The van der Waals surface area contributed by atoms with Crippen LogP contribution in [0.25, 0.3) is 27.7 Å². The molecule has 11 nitrogen and oxygen atoms in total. The maximum atomic E-state index is 13.9. The van der Waals surface area contributed by atoms with Gasteiger partial charge in [0, 0.05) is 42.8 Å². The van der Waals surface area contributed by atoms with Crippen molar-refractivity contribution in [1.29, 1.82) is 0 Å². The van der Waals surface area contributed by atoms with E-state index in [9.17, 15) is 14.4 Å². The molecule has 2 fully saturated rings. The minimum atomic E-state index is -1.16. The fourth-order valence-corrected chi connectivity index (χ4v) is 7.27. The first kappa shape index (κ1) is 31.8. The second-order valence-corrected chi connectivity index (χ2v) is 13.0. The van der Waals surface area contributed by atoms with Crippen molar-refractivity contribution < 1.29 is 28.6 Å². The lowest BCUT2D eigenvalue weighted by Gasteiger charge is -2.29. The summed E-state index contributed by atoms with van der Waals surface area (Å²) in [6, 6.07) is 4.06. The van der Waals surface area contributed by atoms with Crippen LogP contribution in [0, 0.1) is 5.92 Å². The highest BCUT2D eigenvalue weighted by atomic mass is 35.5. The number of rotatable bonds is 6. The lowest BCUT2D eigenvalue weighted by atomic mass is 10.1. The third-order valence-corrected chi connectivity index (χ3v) is 10.1. The smallest absolute Gasteiger partial charge is 0.332 e. The Morgan fingerprint density at radius 3 is 2.78 bits per heavy atom. The maximum absolute atomic E-state index is 13.9. The summed E-state index contributed by atoms with van der Waals surface area (Å²) in [4.78, 5) is 53.1. The Balaban J connectivity index is 1.35. The molecule has 2 aliphatic heterocycles. The molecule has 0 bridgehead atoms. The van der Waals surface area contributed by atoms with Gasteiger partial charge in [-0.2, -0.15) is 0 Å². The van der Waals surface area contributed by atoms with Crippen LogP contribution in [-0.2, 0) is 14.3 Å². The number of nitrogens with one attached hydrogen (secondary N) is 1. The molecule has 1 aliphatic carbocycles. The third-order valence-electron chi connectivity index (χ3n) is 8.87. The van der Waals surface area contributed by atoms with E-state index >= 15 is 0 Å². The number of pyridine rings is 1. The van der Waals surface area contributed by atoms with Gasteiger partial charge in [0.25, 0.3) is 0 Å². The van der Waals surface area contributed by atoms with Crippen molar-refractivity contribution in [2.24, 2.45) is 5.92 Å². The van der Waals surface area contributed by atoms with E-state index in [1.807, 2.05) is 23.6 Å². The zero-order valence-corrected chi connectivity index (χ0v) is 27.5. The van der Waals surface area contributed by atoms with Crippen LogP contribution >= 0.6 is 22.9 Å². The molecule has 3 amide bonds. The Kier molecular flexibility index (Phi) is 8.93. The summed E-state index contributed by atoms with van der Waals surface area (Å²) in [5, 5.41) is 6.44. The number of hydrogen-bond acceptors (Lipinski definition) is 9. The lowest BCUT2D eigenvalue weighted by molar-refractivity contribution is -0.144. The molecule has 242 valence electrons. The average molecular weight is 666 g/mol. The van der Waals surface area contributed by atoms with E-state index in [1.54, 1.807) is 30.2 Å². The predicted molar refractivity (Wildman–Crippen MR) is 176 cm³/mol. The topological polar surface area (TPSA) is 123 Å². The first-order chi connectivity index (χ1) is 22.2. The van der Waals surface area contributed by atoms with Gasteiger partial charge in [-0.15, -0.1) is 11.3 Å². The number of methoxy groups -OCH3 is 2. The minimum absolute atomic E-state index is 0.120. The predicted octanol–water partition coefficient (Wildman–Crippen LogP) is 5.32. The highest BCUT2D eigenvalue weighted by Gasteiger charge is 2.62. The Bertz CT molecular complexity index is 1730. The largest absolute Gasteiger partial charge is 0.495 e. The van der Waals surface area contributed by atoms with Crippen LogP contribution in [0.3, 0.4) is 0 Å². The number of fused-ring (bicyclic) bond motifs is 3. The molecule has 3 aromatic rings. The standard InChI is InChI=1S/C33H36ClN5O6S/c1-5-20-18-46-29(35-20)23-15-26(22-11-12-25(43-3)27(34)28(22)36-23)45-21-14-24-30(40)38(2)13-9-7-6-8-10-19-16-33(19,31(41)44-4)37-32(42)39(24)17-21/h5,8,10-12,15,18-19,21,24H,1,6-7,9,13-14,16-17H2,2-4H3,(H,37,42)/b10-8-/t19-,21-,24-,33+/m0/s1. The quantitative estimate of drug-likeness (QED) is 0.277. The number of benzene rings is 1. The number of urea groups is 1. The van der Waals surface area contributed by atoms with Gasteiger partial charge in [-0.25, -0.2) is 19.6 Å². The fourth-order valence-electron chi connectivity index (χ4n) is 6.22. The van der Waals surface area contributed by atoms with Crippen molar-refractivity contribution in [2.75, 3.05) is 34.4 Å². The highest BCUT2D eigenvalue weighted by Crippen LogP contribution is 2.46. The fraction of sp³-hybridized carbons (Fsp3) is 0.424. The van der Waals surface area contributed by atoms with Gasteiger partial charge in [-0.1, -0.05) is 30.3 Å². The van der Waals surface area contributed by atoms with Crippen LogP contribution in [-0.4, -0.2) is 89.7 Å². The summed E-state index contributed by atoms with van der Waals surface area (Å²) in [7, 11) is 4.60. The molecule has 46 heavy (non-hydrogen) atoms. The molecule has 4 atom stereocenters. The summed E-state index contributed by atoms with van der Waals surface area (Å²) >= 11 is 8.15. The van der Waals surface area contributed by atoms with E-state index < -0.39 is 29.7 Å². The van der Waals surface area contributed by atoms with Gasteiger partial charge in [0.1, 0.15) is 44.9 Å². The second kappa shape index (κ2) is 12.9. The number of carbonyl (C=O) groups excluding carboxylic acids is 3. The lowest BCUT2D eigenvalue weighted by Crippen LogP contribution is -2.55. The molecule has 13 heteroatoms. The molecule has 6 rings (SSSR count). The molecule has 4 heterocycles. The van der Waals surface area contributed by atoms with Crippen LogP contribution in [0.15, 0.2) is 42.3 Å². The first-order valence-corrected chi connectivity index (χ1v) is 16.5. The third kappa shape index (κ3) is 5.91. The number of amides is 3. The van der Waals surface area contributed by atoms with E-state index in [1.165, 1.54) is 30.5 Å². The van der Waals surface area contributed by atoms with Crippen molar-refractivity contribution in [3.8, 4) is 22.2 Å². The van der Waals surface area contributed by atoms with Crippen molar-refractivity contribution in [2.45, 2.75) is 49.8 Å². The van der Waals surface area contributed by atoms with E-state index in [-0.39, 0.29) is 24.8 Å². The average Bonchev–Trinajstić information content (AvgIpc) is 3.36. The summed E-state index contributed by atoms with van der Waals surface area (Å²) in [5.74, 6) is 0.0931. The van der Waals surface area contributed by atoms with Gasteiger partial charge >= 0.3 is 12.0 Å². The van der Waals surface area contributed by atoms with Gasteiger partial charge in [0.05, 0.1) is 32.0 Å². The monoisotopic (exact) mass is 665 g/mol. The number of allylic oxidation sites excluding steroid dienone is 1. The van der Waals surface area contributed by atoms with Crippen molar-refractivity contribution in [3.05, 3.63) is 53.0 Å². The molecular weight excluding hydrogens is 630 g/mol. The van der Waals surface area contributed by atoms with Gasteiger partial charge in [-0.3, -0.25) is 4.79 Å². The normalized spacial score (nSPS) is 25.6. The Labute approximate surface area is 276 Å². The SMILES string of the molecule is C=Cc1csc(-c2cc(O[C@H]3C[C@H]4C(=O)N(C)CCCC/C=C\[C@H]5C[C@@]5(C(=O)OC)NC(=O)N4C3)c3ccc(OC)c(Cl)c3n2)n1. The second-order valence-electron chi connectivity index (χ2n) is 11.8. The zero-order valence-electron chi connectivity index (χ0n) is 26.0. The number of likely N-dealkylation sites (N-methyl/N-ethyl adjacent to an activating group) is 1. The Morgan fingerprint density at radius 2 is 2.04 bits per heavy atom. The number of esters is 1. The highest BCUT2D eigenvalue weighted by molar-refractivity contribution is 7.13. The van der Waals surface area contributed by atoms with E-state index in [4.69, 9.17) is 30.8 Å². The number of aromatic nitrogens is 2.